The summed E-state index contributed by atoms with van der Waals surface area (Å²) in [6, 6.07) is 9.53. The Labute approximate surface area is 137 Å². The molecule has 0 aliphatic rings. The third kappa shape index (κ3) is 3.89. The maximum atomic E-state index is 12.2. The van der Waals surface area contributed by atoms with E-state index in [1.165, 1.54) is 18.2 Å². The molecule has 5 nitrogen and oxygen atoms in total. The first-order valence-corrected chi connectivity index (χ1v) is 7.48. The highest BCUT2D eigenvalue weighted by Crippen LogP contribution is 2.24. The number of hydrogen-bond acceptors (Lipinski definition) is 3. The van der Waals surface area contributed by atoms with Crippen molar-refractivity contribution >= 4 is 49.1 Å². The predicted octanol–water partition coefficient (Wildman–Crippen LogP) is 4.68. The van der Waals surface area contributed by atoms with Gasteiger partial charge in [-0.3, -0.25) is 14.9 Å². The average molecular weight is 414 g/mol. The molecule has 108 valence electrons. The number of halogens is 2. The molecule has 0 aromatic heterocycles. The summed E-state index contributed by atoms with van der Waals surface area (Å²) >= 11 is 6.55. The molecule has 0 atom stereocenters. The van der Waals surface area contributed by atoms with Crippen LogP contribution in [0.2, 0.25) is 0 Å². The van der Waals surface area contributed by atoms with Crippen LogP contribution in [0.5, 0.6) is 0 Å². The molecule has 21 heavy (non-hydrogen) atoms. The summed E-state index contributed by atoms with van der Waals surface area (Å²) in [5.74, 6) is -0.407. The molecule has 7 heteroatoms. The second-order valence-electron chi connectivity index (χ2n) is 4.37. The Morgan fingerprint density at radius 3 is 2.52 bits per heavy atom. The minimum Gasteiger partial charge on any atom is -0.322 e. The summed E-state index contributed by atoms with van der Waals surface area (Å²) < 4.78 is 1.35. The van der Waals surface area contributed by atoms with Gasteiger partial charge in [-0.15, -0.1) is 0 Å². The molecule has 2 aromatic carbocycles. The summed E-state index contributed by atoms with van der Waals surface area (Å²) in [7, 11) is 0. The predicted molar refractivity (Wildman–Crippen MR) is 87.6 cm³/mol. The van der Waals surface area contributed by atoms with E-state index in [2.05, 4.69) is 37.2 Å². The number of benzene rings is 2. The van der Waals surface area contributed by atoms with Crippen molar-refractivity contribution in [2.24, 2.45) is 0 Å². The number of carbonyl (C=O) groups is 1. The van der Waals surface area contributed by atoms with Gasteiger partial charge >= 0.3 is 0 Å². The summed E-state index contributed by atoms with van der Waals surface area (Å²) in [6.07, 6.45) is 0. The first-order chi connectivity index (χ1) is 9.86. The standard InChI is InChI=1S/C14H10Br2N2O3/c1-8-2-3-11(7-13(8)16)17-14(19)9-4-10(15)6-12(5-9)18(20)21/h2-7H,1H3,(H,17,19). The molecule has 0 aliphatic carbocycles. The Hall–Kier alpha value is -1.73. The summed E-state index contributed by atoms with van der Waals surface area (Å²) in [4.78, 5) is 22.4. The zero-order chi connectivity index (χ0) is 15.6. The van der Waals surface area contributed by atoms with Crippen LogP contribution in [0, 0.1) is 17.0 Å². The van der Waals surface area contributed by atoms with Gasteiger partial charge in [0.2, 0.25) is 0 Å². The van der Waals surface area contributed by atoms with Crippen molar-refractivity contribution in [3.63, 3.8) is 0 Å². The second kappa shape index (κ2) is 6.36. The Morgan fingerprint density at radius 2 is 1.90 bits per heavy atom. The maximum absolute atomic E-state index is 12.2. The molecule has 0 bridgehead atoms. The van der Waals surface area contributed by atoms with E-state index in [9.17, 15) is 14.9 Å². The van der Waals surface area contributed by atoms with E-state index in [0.29, 0.717) is 10.2 Å². The summed E-state index contributed by atoms with van der Waals surface area (Å²) in [6.45, 7) is 1.94. The quantitative estimate of drug-likeness (QED) is 0.586. The Bertz CT molecular complexity index is 732. The smallest absolute Gasteiger partial charge is 0.271 e. The lowest BCUT2D eigenvalue weighted by molar-refractivity contribution is -0.384. The fourth-order valence-corrected chi connectivity index (χ4v) is 2.54. The lowest BCUT2D eigenvalue weighted by Gasteiger charge is -2.07. The van der Waals surface area contributed by atoms with Gasteiger partial charge in [-0.1, -0.05) is 37.9 Å². The zero-order valence-electron chi connectivity index (χ0n) is 10.9. The van der Waals surface area contributed by atoms with E-state index in [1.54, 1.807) is 12.1 Å². The number of anilines is 1. The minimum atomic E-state index is -0.538. The molecule has 1 N–H and O–H groups in total. The normalized spacial score (nSPS) is 10.2. The molecule has 1 amide bonds. The molecule has 0 radical (unpaired) electrons. The van der Waals surface area contributed by atoms with E-state index in [-0.39, 0.29) is 11.3 Å². The van der Waals surface area contributed by atoms with Crippen LogP contribution in [-0.4, -0.2) is 10.8 Å². The molecule has 2 rings (SSSR count). The molecule has 0 spiro atoms. The molecule has 0 heterocycles. The van der Waals surface area contributed by atoms with Crippen molar-refractivity contribution in [3.05, 3.63) is 66.6 Å². The number of nitro groups is 1. The highest BCUT2D eigenvalue weighted by molar-refractivity contribution is 9.10. The second-order valence-corrected chi connectivity index (χ2v) is 6.14. The van der Waals surface area contributed by atoms with Crippen molar-refractivity contribution in [2.45, 2.75) is 6.92 Å². The number of carbonyl (C=O) groups excluding carboxylic acids is 1. The van der Waals surface area contributed by atoms with Crippen molar-refractivity contribution in [1.82, 2.24) is 0 Å². The molecule has 0 unspecified atom stereocenters. The van der Waals surface area contributed by atoms with Crippen molar-refractivity contribution in [2.75, 3.05) is 5.32 Å². The van der Waals surface area contributed by atoms with E-state index in [1.807, 2.05) is 13.0 Å². The van der Waals surface area contributed by atoms with Gasteiger partial charge in [0.15, 0.2) is 0 Å². The Morgan fingerprint density at radius 1 is 1.19 bits per heavy atom. The fraction of sp³-hybridized carbons (Fsp3) is 0.0714. The third-order valence-corrected chi connectivity index (χ3v) is 4.10. The lowest BCUT2D eigenvalue weighted by Crippen LogP contribution is -2.12. The van der Waals surface area contributed by atoms with Crippen molar-refractivity contribution < 1.29 is 9.72 Å². The number of non-ortho nitro benzene ring substituents is 1. The van der Waals surface area contributed by atoms with Crippen molar-refractivity contribution in [3.8, 4) is 0 Å². The third-order valence-electron chi connectivity index (χ3n) is 2.79. The van der Waals surface area contributed by atoms with Crippen molar-refractivity contribution in [1.29, 1.82) is 0 Å². The summed E-state index contributed by atoms with van der Waals surface area (Å²) in [5.41, 5.74) is 1.73. The first-order valence-electron chi connectivity index (χ1n) is 5.89. The largest absolute Gasteiger partial charge is 0.322 e. The van der Waals surface area contributed by atoms with E-state index >= 15 is 0 Å². The molecular formula is C14H10Br2N2O3. The van der Waals surface area contributed by atoms with Crippen LogP contribution in [0.1, 0.15) is 15.9 Å². The summed E-state index contributed by atoms with van der Waals surface area (Å²) in [5, 5.41) is 13.5. The Kier molecular flexibility index (Phi) is 4.74. The van der Waals surface area contributed by atoms with Gasteiger partial charge in [0.25, 0.3) is 11.6 Å². The van der Waals surface area contributed by atoms with Gasteiger partial charge in [0.05, 0.1) is 4.92 Å². The van der Waals surface area contributed by atoms with Gasteiger partial charge in [-0.05, 0) is 30.7 Å². The molecular weight excluding hydrogens is 404 g/mol. The molecule has 0 aliphatic heterocycles. The highest BCUT2D eigenvalue weighted by atomic mass is 79.9. The first kappa shape index (κ1) is 15.7. The van der Waals surface area contributed by atoms with E-state index < -0.39 is 10.8 Å². The van der Waals surface area contributed by atoms with Crippen LogP contribution in [-0.2, 0) is 0 Å². The molecule has 0 saturated carbocycles. The maximum Gasteiger partial charge on any atom is 0.271 e. The van der Waals surface area contributed by atoms with Gasteiger partial charge in [0, 0.05) is 32.3 Å². The van der Waals surface area contributed by atoms with Crippen LogP contribution in [0.4, 0.5) is 11.4 Å². The van der Waals surface area contributed by atoms with Crippen LogP contribution in [0.25, 0.3) is 0 Å². The zero-order valence-corrected chi connectivity index (χ0v) is 14.1. The van der Waals surface area contributed by atoms with Crippen LogP contribution < -0.4 is 5.32 Å². The van der Waals surface area contributed by atoms with E-state index in [0.717, 1.165) is 10.0 Å². The number of nitrogens with zero attached hydrogens (tertiary/aromatic N) is 1. The molecule has 0 fully saturated rings. The van der Waals surface area contributed by atoms with Gasteiger partial charge in [-0.25, -0.2) is 0 Å². The minimum absolute atomic E-state index is 0.139. The average Bonchev–Trinajstić information content (AvgIpc) is 2.42. The number of amides is 1. The fourth-order valence-electron chi connectivity index (χ4n) is 1.68. The number of rotatable bonds is 3. The lowest BCUT2D eigenvalue weighted by atomic mass is 10.1. The highest BCUT2D eigenvalue weighted by Gasteiger charge is 2.14. The topological polar surface area (TPSA) is 72.2 Å². The van der Waals surface area contributed by atoms with Crippen LogP contribution >= 0.6 is 31.9 Å². The molecule has 2 aromatic rings. The van der Waals surface area contributed by atoms with Gasteiger partial charge in [-0.2, -0.15) is 0 Å². The van der Waals surface area contributed by atoms with Crippen LogP contribution in [0.3, 0.4) is 0 Å². The Balaban J connectivity index is 2.27. The van der Waals surface area contributed by atoms with Crippen LogP contribution in [0.15, 0.2) is 45.3 Å². The number of nitrogens with one attached hydrogen (secondary N) is 1. The molecule has 0 saturated heterocycles. The number of aryl methyl sites for hydroxylation is 1. The number of nitro benzene ring substituents is 1. The number of hydrogen-bond donors (Lipinski definition) is 1. The van der Waals surface area contributed by atoms with E-state index in [4.69, 9.17) is 0 Å². The van der Waals surface area contributed by atoms with Gasteiger partial charge < -0.3 is 5.32 Å². The SMILES string of the molecule is Cc1ccc(NC(=O)c2cc(Br)cc([N+](=O)[O-])c2)cc1Br. The monoisotopic (exact) mass is 412 g/mol. The van der Waals surface area contributed by atoms with Gasteiger partial charge in [0.1, 0.15) is 0 Å².